The fourth-order valence-electron chi connectivity index (χ4n) is 3.52. The van der Waals surface area contributed by atoms with Gasteiger partial charge in [-0.15, -0.1) is 11.6 Å². The maximum absolute atomic E-state index is 6.27. The van der Waals surface area contributed by atoms with Crippen molar-refractivity contribution in [2.24, 2.45) is 11.8 Å². The molecule has 2 atom stereocenters. The molecule has 2 rings (SSSR count). The van der Waals surface area contributed by atoms with Crippen LogP contribution in [0.1, 0.15) is 51.9 Å². The summed E-state index contributed by atoms with van der Waals surface area (Å²) in [6.07, 6.45) is 9.65. The molecule has 1 aliphatic carbocycles. The number of hydrogen-bond acceptors (Lipinski definition) is 0. The molecular formula is C14H27ClN+. The smallest absolute Gasteiger partial charge is 0.0800 e. The van der Waals surface area contributed by atoms with Crippen LogP contribution in [-0.2, 0) is 0 Å². The van der Waals surface area contributed by atoms with Gasteiger partial charge in [0, 0.05) is 11.3 Å². The molecule has 0 radical (unpaired) electrons. The van der Waals surface area contributed by atoms with Gasteiger partial charge >= 0.3 is 0 Å². The highest BCUT2D eigenvalue weighted by Gasteiger charge is 2.27. The van der Waals surface area contributed by atoms with E-state index in [1.807, 2.05) is 4.90 Å². The van der Waals surface area contributed by atoms with Crippen LogP contribution < -0.4 is 4.90 Å². The first-order valence-corrected chi connectivity index (χ1v) is 7.69. The van der Waals surface area contributed by atoms with Crippen molar-refractivity contribution in [3.63, 3.8) is 0 Å². The lowest BCUT2D eigenvalue weighted by molar-refractivity contribution is -0.909. The monoisotopic (exact) mass is 244 g/mol. The van der Waals surface area contributed by atoms with Gasteiger partial charge in [-0.25, -0.2) is 0 Å². The minimum Gasteiger partial charge on any atom is -0.335 e. The first-order valence-electron chi connectivity index (χ1n) is 7.25. The summed E-state index contributed by atoms with van der Waals surface area (Å²) in [6.45, 7) is 6.58. The number of likely N-dealkylation sites (tertiary alicyclic amines) is 1. The Bertz CT molecular complexity index is 199. The highest BCUT2D eigenvalue weighted by atomic mass is 35.5. The molecule has 1 N–H and O–H groups in total. The molecular weight excluding hydrogens is 218 g/mol. The molecule has 0 amide bonds. The highest BCUT2D eigenvalue weighted by molar-refractivity contribution is 6.20. The van der Waals surface area contributed by atoms with Gasteiger partial charge in [-0.1, -0.05) is 19.8 Å². The van der Waals surface area contributed by atoms with Crippen LogP contribution in [0.2, 0.25) is 0 Å². The standard InChI is InChI=1S/C14H26ClN/c1-2-12-6-8-16(9-7-12)11-13-4-3-5-14(15)10-13/h12-14H,2-11H2,1H3/p+1. The molecule has 16 heavy (non-hydrogen) atoms. The van der Waals surface area contributed by atoms with Gasteiger partial charge in [-0.05, 0) is 38.0 Å². The molecule has 2 fully saturated rings. The Balaban J connectivity index is 1.69. The summed E-state index contributed by atoms with van der Waals surface area (Å²) >= 11 is 6.27. The lowest BCUT2D eigenvalue weighted by atomic mass is 9.87. The highest BCUT2D eigenvalue weighted by Crippen LogP contribution is 2.27. The third-order valence-corrected chi connectivity index (χ3v) is 5.08. The van der Waals surface area contributed by atoms with E-state index in [0.29, 0.717) is 5.38 Å². The number of halogens is 1. The number of hydrogen-bond donors (Lipinski definition) is 1. The number of piperidine rings is 1. The zero-order chi connectivity index (χ0) is 11.4. The molecule has 0 aromatic carbocycles. The SMILES string of the molecule is CCC1CC[NH+](CC2CCCC(Cl)C2)CC1. The van der Waals surface area contributed by atoms with Crippen molar-refractivity contribution in [1.82, 2.24) is 0 Å². The Morgan fingerprint density at radius 1 is 1.06 bits per heavy atom. The van der Waals surface area contributed by atoms with Gasteiger partial charge < -0.3 is 4.90 Å². The second-order valence-corrected chi connectivity index (χ2v) is 6.55. The van der Waals surface area contributed by atoms with E-state index in [2.05, 4.69) is 6.92 Å². The molecule has 1 nitrogen and oxygen atoms in total. The number of alkyl halides is 1. The normalized spacial score (nSPS) is 40.9. The van der Waals surface area contributed by atoms with E-state index in [0.717, 1.165) is 11.8 Å². The fourth-order valence-corrected chi connectivity index (χ4v) is 3.92. The molecule has 2 heteroatoms. The average Bonchev–Trinajstić information content (AvgIpc) is 2.30. The largest absolute Gasteiger partial charge is 0.335 e. The third kappa shape index (κ3) is 3.63. The van der Waals surface area contributed by atoms with Gasteiger partial charge in [-0.2, -0.15) is 0 Å². The molecule has 1 saturated carbocycles. The summed E-state index contributed by atoms with van der Waals surface area (Å²) in [4.78, 5) is 1.86. The van der Waals surface area contributed by atoms with Crippen LogP contribution in [0.3, 0.4) is 0 Å². The molecule has 1 aliphatic heterocycles. The molecule has 0 aromatic rings. The van der Waals surface area contributed by atoms with Gasteiger partial charge in [0.2, 0.25) is 0 Å². The summed E-state index contributed by atoms with van der Waals surface area (Å²) in [5.74, 6) is 1.94. The molecule has 94 valence electrons. The van der Waals surface area contributed by atoms with E-state index in [1.54, 1.807) is 0 Å². The van der Waals surface area contributed by atoms with Crippen LogP contribution in [0.15, 0.2) is 0 Å². The van der Waals surface area contributed by atoms with Crippen LogP contribution in [0.25, 0.3) is 0 Å². The second-order valence-electron chi connectivity index (χ2n) is 5.94. The number of nitrogens with one attached hydrogen (secondary N) is 1. The molecule has 1 heterocycles. The molecule has 1 saturated heterocycles. The van der Waals surface area contributed by atoms with Crippen molar-refractivity contribution in [3.05, 3.63) is 0 Å². The van der Waals surface area contributed by atoms with Crippen LogP contribution in [0, 0.1) is 11.8 Å². The van der Waals surface area contributed by atoms with Crippen LogP contribution in [-0.4, -0.2) is 25.0 Å². The minimum absolute atomic E-state index is 0.478. The Morgan fingerprint density at radius 2 is 1.81 bits per heavy atom. The molecule has 0 bridgehead atoms. The number of quaternary nitrogens is 1. The van der Waals surface area contributed by atoms with Crippen LogP contribution in [0.4, 0.5) is 0 Å². The van der Waals surface area contributed by atoms with E-state index in [4.69, 9.17) is 11.6 Å². The van der Waals surface area contributed by atoms with Crippen molar-refractivity contribution >= 4 is 11.6 Å². The first-order chi connectivity index (χ1) is 7.78. The van der Waals surface area contributed by atoms with Crippen molar-refractivity contribution in [1.29, 1.82) is 0 Å². The Labute approximate surface area is 106 Å². The van der Waals surface area contributed by atoms with E-state index >= 15 is 0 Å². The average molecular weight is 245 g/mol. The summed E-state index contributed by atoms with van der Waals surface area (Å²) in [5, 5.41) is 0.478. The van der Waals surface area contributed by atoms with Crippen molar-refractivity contribution < 1.29 is 4.90 Å². The Morgan fingerprint density at radius 3 is 2.44 bits per heavy atom. The fraction of sp³-hybridized carbons (Fsp3) is 1.00. The van der Waals surface area contributed by atoms with Gasteiger partial charge in [0.1, 0.15) is 0 Å². The molecule has 2 aliphatic rings. The van der Waals surface area contributed by atoms with E-state index in [9.17, 15) is 0 Å². The second kappa shape index (κ2) is 6.26. The van der Waals surface area contributed by atoms with E-state index < -0.39 is 0 Å². The lowest BCUT2D eigenvalue weighted by Gasteiger charge is -2.33. The number of rotatable bonds is 3. The van der Waals surface area contributed by atoms with Crippen molar-refractivity contribution in [3.8, 4) is 0 Å². The predicted octanol–water partition coefficient (Wildman–Crippen LogP) is 2.49. The van der Waals surface area contributed by atoms with E-state index in [1.165, 1.54) is 64.6 Å². The summed E-state index contributed by atoms with van der Waals surface area (Å²) in [6, 6.07) is 0. The van der Waals surface area contributed by atoms with Gasteiger partial charge in [-0.3, -0.25) is 0 Å². The van der Waals surface area contributed by atoms with E-state index in [-0.39, 0.29) is 0 Å². The van der Waals surface area contributed by atoms with Crippen LogP contribution >= 0.6 is 11.6 Å². The molecule has 0 aromatic heterocycles. The maximum atomic E-state index is 6.27. The predicted molar refractivity (Wildman–Crippen MR) is 70.2 cm³/mol. The quantitative estimate of drug-likeness (QED) is 0.728. The Hall–Kier alpha value is 0.250. The topological polar surface area (TPSA) is 4.44 Å². The minimum atomic E-state index is 0.478. The first kappa shape index (κ1) is 12.7. The maximum Gasteiger partial charge on any atom is 0.0800 e. The summed E-state index contributed by atoms with van der Waals surface area (Å²) in [7, 11) is 0. The third-order valence-electron chi connectivity index (χ3n) is 4.69. The molecule has 0 spiro atoms. The lowest BCUT2D eigenvalue weighted by Crippen LogP contribution is -3.13. The molecule has 2 unspecified atom stereocenters. The summed E-state index contributed by atoms with van der Waals surface area (Å²) < 4.78 is 0. The van der Waals surface area contributed by atoms with Gasteiger partial charge in [0.15, 0.2) is 0 Å². The summed E-state index contributed by atoms with van der Waals surface area (Å²) in [5.41, 5.74) is 0. The van der Waals surface area contributed by atoms with Crippen LogP contribution in [0.5, 0.6) is 0 Å². The zero-order valence-electron chi connectivity index (χ0n) is 10.7. The Kier molecular flexibility index (Phi) is 4.97. The van der Waals surface area contributed by atoms with Gasteiger partial charge in [0.25, 0.3) is 0 Å². The zero-order valence-corrected chi connectivity index (χ0v) is 11.4. The van der Waals surface area contributed by atoms with Gasteiger partial charge in [0.05, 0.1) is 19.6 Å². The van der Waals surface area contributed by atoms with Crippen molar-refractivity contribution in [2.75, 3.05) is 19.6 Å². The van der Waals surface area contributed by atoms with Crippen molar-refractivity contribution in [2.45, 2.75) is 57.2 Å².